The second-order valence-corrected chi connectivity index (χ2v) is 10.3. The number of amides is 1. The lowest BCUT2D eigenvalue weighted by Crippen LogP contribution is -2.67. The molecule has 0 bridgehead atoms. The summed E-state index contributed by atoms with van der Waals surface area (Å²) in [7, 11) is 0. The third-order valence-corrected chi connectivity index (χ3v) is 8.41. The van der Waals surface area contributed by atoms with E-state index in [4.69, 9.17) is 5.73 Å². The number of nitrogens with one attached hydrogen (secondary N) is 1. The first-order valence-electron chi connectivity index (χ1n) is 13.4. The minimum atomic E-state index is -1.17. The predicted molar refractivity (Wildman–Crippen MR) is 156 cm³/mol. The van der Waals surface area contributed by atoms with E-state index in [2.05, 4.69) is 59.6 Å². The number of nitrogens with zero attached hydrogens (tertiary/aromatic N) is 1. The van der Waals surface area contributed by atoms with Gasteiger partial charge in [-0.3, -0.25) is 14.5 Å². The van der Waals surface area contributed by atoms with E-state index in [9.17, 15) is 9.59 Å². The van der Waals surface area contributed by atoms with E-state index in [0.717, 1.165) is 65.4 Å². The molecule has 1 saturated heterocycles. The number of carbonyl (C=O) groups excluding carboxylic acids is 2. The Morgan fingerprint density at radius 2 is 1.63 bits per heavy atom. The predicted octanol–water partition coefficient (Wildman–Crippen LogP) is 5.24. The second kappa shape index (κ2) is 10.5. The van der Waals surface area contributed by atoms with Gasteiger partial charge in [0.2, 0.25) is 5.91 Å². The van der Waals surface area contributed by atoms with Gasteiger partial charge in [0.1, 0.15) is 5.54 Å². The van der Waals surface area contributed by atoms with Crippen LogP contribution in [0.5, 0.6) is 0 Å². The highest BCUT2D eigenvalue weighted by Crippen LogP contribution is 2.54. The highest BCUT2D eigenvalue weighted by molar-refractivity contribution is 6.33. The van der Waals surface area contributed by atoms with E-state index >= 15 is 0 Å². The number of halogens is 1. The van der Waals surface area contributed by atoms with Crippen molar-refractivity contribution in [3.63, 3.8) is 0 Å². The number of unbranched alkanes of at least 4 members (excludes halogenated alkanes) is 1. The SMILES string of the molecule is CCCCC1C=C(c2cccc3ccccc23)C2=C(C(=O)c3ccccc32)C1(C(N)=O)N1CCNCC1.Cl. The first-order chi connectivity index (χ1) is 18.1. The molecule has 3 N–H and O–H groups in total. The van der Waals surface area contributed by atoms with E-state index in [1.54, 1.807) is 0 Å². The molecule has 2 atom stereocenters. The quantitative estimate of drug-likeness (QED) is 0.459. The molecule has 6 rings (SSSR count). The Kier molecular flexibility index (Phi) is 7.28. The molecule has 1 aliphatic heterocycles. The number of carbonyl (C=O) groups is 2. The van der Waals surface area contributed by atoms with Gasteiger partial charge in [-0.05, 0) is 39.5 Å². The summed E-state index contributed by atoms with van der Waals surface area (Å²) in [5.74, 6) is -0.679. The smallest absolute Gasteiger partial charge is 0.243 e. The molecule has 0 spiro atoms. The molecule has 3 aromatic rings. The zero-order valence-electron chi connectivity index (χ0n) is 21.7. The Balaban J connectivity index is 0.00000294. The Morgan fingerprint density at radius 3 is 2.37 bits per heavy atom. The molecular formula is C32H34ClN3O2. The summed E-state index contributed by atoms with van der Waals surface area (Å²) >= 11 is 0. The van der Waals surface area contributed by atoms with Crippen molar-refractivity contribution in [2.75, 3.05) is 26.2 Å². The summed E-state index contributed by atoms with van der Waals surface area (Å²) in [5, 5.41) is 5.69. The van der Waals surface area contributed by atoms with Crippen LogP contribution in [0, 0.1) is 5.92 Å². The maximum atomic E-state index is 14.3. The Hall–Kier alpha value is -3.25. The summed E-state index contributed by atoms with van der Waals surface area (Å²) in [4.78, 5) is 30.3. The summed E-state index contributed by atoms with van der Waals surface area (Å²) in [6.07, 6.45) is 5.02. The molecule has 3 aliphatic rings. The number of Topliss-reactive ketones (excluding diaryl/α,β-unsaturated/α-hetero) is 1. The number of piperazine rings is 1. The van der Waals surface area contributed by atoms with Gasteiger partial charge in [-0.25, -0.2) is 0 Å². The van der Waals surface area contributed by atoms with Gasteiger partial charge >= 0.3 is 0 Å². The van der Waals surface area contributed by atoms with Crippen molar-refractivity contribution in [2.45, 2.75) is 31.7 Å². The normalized spacial score (nSPS) is 23.0. The van der Waals surface area contributed by atoms with Crippen molar-refractivity contribution in [2.24, 2.45) is 11.7 Å². The fourth-order valence-corrected chi connectivity index (χ4v) is 6.79. The van der Waals surface area contributed by atoms with Crippen molar-refractivity contribution >= 4 is 46.0 Å². The Morgan fingerprint density at radius 1 is 0.974 bits per heavy atom. The molecule has 1 fully saturated rings. The van der Waals surface area contributed by atoms with E-state index in [-0.39, 0.29) is 24.1 Å². The van der Waals surface area contributed by atoms with Gasteiger partial charge < -0.3 is 11.1 Å². The average molecular weight is 528 g/mol. The molecular weight excluding hydrogens is 494 g/mol. The van der Waals surface area contributed by atoms with Crippen LogP contribution in [0.25, 0.3) is 21.9 Å². The van der Waals surface area contributed by atoms with Crippen molar-refractivity contribution in [1.82, 2.24) is 10.2 Å². The summed E-state index contributed by atoms with van der Waals surface area (Å²) in [6.45, 7) is 5.03. The topological polar surface area (TPSA) is 75.4 Å². The molecule has 196 valence electrons. The first kappa shape index (κ1) is 26.4. The number of hydrogen-bond acceptors (Lipinski definition) is 4. The largest absolute Gasteiger partial charge is 0.368 e. The molecule has 1 amide bonds. The molecule has 0 aromatic heterocycles. The van der Waals surface area contributed by atoms with Crippen LogP contribution < -0.4 is 11.1 Å². The first-order valence-corrected chi connectivity index (χ1v) is 13.4. The number of nitrogens with two attached hydrogens (primary N) is 1. The van der Waals surface area contributed by atoms with Crippen LogP contribution in [0.15, 0.2) is 78.4 Å². The standard InChI is InChI=1S/C32H33N3O2.ClH/c1-2-3-11-22-20-27(24-15-8-10-21-9-4-5-12-23(21)24)28-25-13-6-7-14-26(25)30(36)29(28)32(22,31(33)37)35-18-16-34-17-19-35;/h4-10,12-15,20,22,34H,2-3,11,16-19H2,1H3,(H2,33,37);1H. The summed E-state index contributed by atoms with van der Waals surface area (Å²) in [6, 6.07) is 22.5. The van der Waals surface area contributed by atoms with Crippen LogP contribution in [0.4, 0.5) is 0 Å². The van der Waals surface area contributed by atoms with Crippen molar-refractivity contribution in [1.29, 1.82) is 0 Å². The minimum absolute atomic E-state index is 0. The van der Waals surface area contributed by atoms with E-state index in [1.807, 2.05) is 30.3 Å². The lowest BCUT2D eigenvalue weighted by molar-refractivity contribution is -0.130. The van der Waals surface area contributed by atoms with Crippen LogP contribution in [0.3, 0.4) is 0 Å². The fourth-order valence-electron chi connectivity index (χ4n) is 6.79. The van der Waals surface area contributed by atoms with Gasteiger partial charge in [-0.1, -0.05) is 92.6 Å². The van der Waals surface area contributed by atoms with E-state index < -0.39 is 11.4 Å². The summed E-state index contributed by atoms with van der Waals surface area (Å²) in [5.41, 5.74) is 10.4. The Bertz CT molecular complexity index is 1470. The molecule has 2 unspecified atom stereocenters. The monoisotopic (exact) mass is 527 g/mol. The van der Waals surface area contributed by atoms with Crippen molar-refractivity contribution in [3.8, 4) is 0 Å². The number of benzene rings is 3. The highest BCUT2D eigenvalue weighted by Gasteiger charge is 2.58. The van der Waals surface area contributed by atoms with E-state index in [1.165, 1.54) is 0 Å². The fraction of sp³-hybridized carbons (Fsp3) is 0.312. The lowest BCUT2D eigenvalue weighted by atomic mass is 9.65. The van der Waals surface area contributed by atoms with Gasteiger partial charge in [0.15, 0.2) is 5.78 Å². The molecule has 5 nitrogen and oxygen atoms in total. The molecule has 3 aromatic carbocycles. The van der Waals surface area contributed by atoms with Crippen LogP contribution in [-0.2, 0) is 4.79 Å². The minimum Gasteiger partial charge on any atom is -0.368 e. The molecule has 1 heterocycles. The molecule has 0 saturated carbocycles. The zero-order chi connectivity index (χ0) is 25.6. The number of primary amides is 1. The number of fused-ring (bicyclic) bond motifs is 3. The zero-order valence-corrected chi connectivity index (χ0v) is 22.5. The van der Waals surface area contributed by atoms with Crippen molar-refractivity contribution < 1.29 is 9.59 Å². The second-order valence-electron chi connectivity index (χ2n) is 10.3. The van der Waals surface area contributed by atoms with Gasteiger partial charge in [0.05, 0.1) is 0 Å². The Labute approximate surface area is 230 Å². The van der Waals surface area contributed by atoms with Gasteiger partial charge in [-0.2, -0.15) is 0 Å². The summed E-state index contributed by atoms with van der Waals surface area (Å²) < 4.78 is 0. The number of allylic oxidation sites excluding steroid dienone is 2. The van der Waals surface area contributed by atoms with Crippen molar-refractivity contribution in [3.05, 3.63) is 95.1 Å². The van der Waals surface area contributed by atoms with Crippen LogP contribution in [0.2, 0.25) is 0 Å². The van der Waals surface area contributed by atoms with Gasteiger partial charge in [0, 0.05) is 43.2 Å². The van der Waals surface area contributed by atoms with E-state index in [0.29, 0.717) is 24.2 Å². The van der Waals surface area contributed by atoms with Crippen LogP contribution in [-0.4, -0.2) is 48.3 Å². The van der Waals surface area contributed by atoms with Crippen LogP contribution >= 0.6 is 12.4 Å². The molecule has 6 heteroatoms. The van der Waals surface area contributed by atoms with Crippen LogP contribution in [0.1, 0.15) is 47.7 Å². The number of ketones is 1. The average Bonchev–Trinajstić information content (AvgIpc) is 3.24. The number of rotatable bonds is 6. The maximum Gasteiger partial charge on any atom is 0.243 e. The molecule has 0 radical (unpaired) electrons. The molecule has 38 heavy (non-hydrogen) atoms. The highest BCUT2D eigenvalue weighted by atomic mass is 35.5. The third kappa shape index (κ3) is 3.84. The molecule has 2 aliphatic carbocycles. The number of hydrogen-bond donors (Lipinski definition) is 2. The third-order valence-electron chi connectivity index (χ3n) is 8.41. The lowest BCUT2D eigenvalue weighted by Gasteiger charge is -2.50. The maximum absolute atomic E-state index is 14.3. The van der Waals surface area contributed by atoms with Gasteiger partial charge in [0.25, 0.3) is 0 Å². The van der Waals surface area contributed by atoms with Gasteiger partial charge in [-0.15, -0.1) is 12.4 Å².